The highest BCUT2D eigenvalue weighted by molar-refractivity contribution is 5.69. The van der Waals surface area contributed by atoms with Crippen LogP contribution in [0, 0.1) is 0 Å². The van der Waals surface area contributed by atoms with Gasteiger partial charge in [0.2, 0.25) is 0 Å². The van der Waals surface area contributed by atoms with Crippen LogP contribution in [0.5, 0.6) is 5.75 Å². The number of rotatable bonds is 7. The zero-order chi connectivity index (χ0) is 14.9. The van der Waals surface area contributed by atoms with E-state index in [9.17, 15) is 4.79 Å². The molecule has 1 fully saturated rings. The van der Waals surface area contributed by atoms with Gasteiger partial charge in [-0.15, -0.1) is 0 Å². The molecular formula is C16H23NO4. The first-order valence-electron chi connectivity index (χ1n) is 7.39. The number of carbonyl (C=O) groups is 1. The minimum absolute atomic E-state index is 0.230. The molecule has 0 bridgehead atoms. The maximum absolute atomic E-state index is 11.7. The van der Waals surface area contributed by atoms with Crippen molar-refractivity contribution in [1.29, 1.82) is 0 Å². The van der Waals surface area contributed by atoms with Gasteiger partial charge in [-0.25, -0.2) is 0 Å². The zero-order valence-corrected chi connectivity index (χ0v) is 12.5. The lowest BCUT2D eigenvalue weighted by molar-refractivity contribution is -0.146. The van der Waals surface area contributed by atoms with Gasteiger partial charge >= 0.3 is 5.97 Å². The summed E-state index contributed by atoms with van der Waals surface area (Å²) in [6.45, 7) is 2.68. The standard InChI is InChI=1S/C16H23NO4/c1-19-15-4-2-3-13(11-15)12-21-16(18)7-10-20-14-5-8-17-9-6-14/h2-4,11,14,17H,5-10,12H2,1H3. The Morgan fingerprint density at radius 3 is 2.90 bits per heavy atom. The average Bonchev–Trinajstić information content (AvgIpc) is 2.54. The molecule has 1 N–H and O–H groups in total. The Balaban J connectivity index is 1.62. The van der Waals surface area contributed by atoms with Gasteiger partial charge in [-0.2, -0.15) is 0 Å². The highest BCUT2D eigenvalue weighted by atomic mass is 16.5. The Morgan fingerprint density at radius 2 is 2.14 bits per heavy atom. The summed E-state index contributed by atoms with van der Waals surface area (Å²) in [5, 5.41) is 3.28. The molecule has 1 saturated heterocycles. The molecule has 0 atom stereocenters. The van der Waals surface area contributed by atoms with E-state index in [-0.39, 0.29) is 18.7 Å². The molecule has 0 spiro atoms. The monoisotopic (exact) mass is 293 g/mol. The summed E-state index contributed by atoms with van der Waals surface area (Å²) in [4.78, 5) is 11.7. The minimum Gasteiger partial charge on any atom is -0.497 e. The van der Waals surface area contributed by atoms with Crippen LogP contribution >= 0.6 is 0 Å². The van der Waals surface area contributed by atoms with Crippen LogP contribution < -0.4 is 10.1 Å². The highest BCUT2D eigenvalue weighted by Crippen LogP contribution is 2.13. The summed E-state index contributed by atoms with van der Waals surface area (Å²) in [5.41, 5.74) is 0.918. The maximum atomic E-state index is 11.7. The topological polar surface area (TPSA) is 56.8 Å². The third kappa shape index (κ3) is 5.73. The van der Waals surface area contributed by atoms with Crippen molar-refractivity contribution >= 4 is 5.97 Å². The van der Waals surface area contributed by atoms with Crippen LogP contribution in [0.3, 0.4) is 0 Å². The number of carbonyl (C=O) groups excluding carboxylic acids is 1. The number of nitrogens with one attached hydrogen (secondary N) is 1. The number of ether oxygens (including phenoxy) is 3. The Morgan fingerprint density at radius 1 is 1.33 bits per heavy atom. The second kappa shape index (κ2) is 8.64. The van der Waals surface area contributed by atoms with Gasteiger partial charge in [0, 0.05) is 0 Å². The summed E-state index contributed by atoms with van der Waals surface area (Å²) in [5.74, 6) is 0.532. The number of esters is 1. The molecule has 1 aromatic carbocycles. The van der Waals surface area contributed by atoms with Gasteiger partial charge in [-0.1, -0.05) is 12.1 Å². The molecule has 1 aliphatic heterocycles. The summed E-state index contributed by atoms with van der Waals surface area (Å²) in [7, 11) is 1.61. The van der Waals surface area contributed by atoms with Crippen molar-refractivity contribution < 1.29 is 19.0 Å². The second-order valence-corrected chi connectivity index (χ2v) is 5.08. The third-order valence-corrected chi connectivity index (χ3v) is 3.48. The molecule has 1 aliphatic rings. The smallest absolute Gasteiger partial charge is 0.308 e. The van der Waals surface area contributed by atoms with Crippen molar-refractivity contribution in [3.05, 3.63) is 29.8 Å². The van der Waals surface area contributed by atoms with E-state index in [4.69, 9.17) is 14.2 Å². The van der Waals surface area contributed by atoms with Gasteiger partial charge in [0.15, 0.2) is 0 Å². The molecule has 1 heterocycles. The third-order valence-electron chi connectivity index (χ3n) is 3.48. The van der Waals surface area contributed by atoms with Gasteiger partial charge in [-0.3, -0.25) is 4.79 Å². The van der Waals surface area contributed by atoms with Crippen LogP contribution in [0.2, 0.25) is 0 Å². The van der Waals surface area contributed by atoms with Gasteiger partial charge in [0.25, 0.3) is 0 Å². The number of methoxy groups -OCH3 is 1. The number of benzene rings is 1. The van der Waals surface area contributed by atoms with E-state index in [1.165, 1.54) is 0 Å². The Bertz CT molecular complexity index is 444. The van der Waals surface area contributed by atoms with E-state index in [1.54, 1.807) is 7.11 Å². The fourth-order valence-electron chi connectivity index (χ4n) is 2.27. The van der Waals surface area contributed by atoms with E-state index in [0.29, 0.717) is 13.0 Å². The fraction of sp³-hybridized carbons (Fsp3) is 0.562. The lowest BCUT2D eigenvalue weighted by atomic mass is 10.1. The van der Waals surface area contributed by atoms with Crippen molar-refractivity contribution in [2.45, 2.75) is 32.0 Å². The molecule has 5 heteroatoms. The minimum atomic E-state index is -0.230. The van der Waals surface area contributed by atoms with Gasteiger partial charge < -0.3 is 19.5 Å². The van der Waals surface area contributed by atoms with E-state index in [0.717, 1.165) is 37.2 Å². The molecule has 5 nitrogen and oxygen atoms in total. The quantitative estimate of drug-likeness (QED) is 0.778. The average molecular weight is 293 g/mol. The predicted molar refractivity (Wildman–Crippen MR) is 79.3 cm³/mol. The van der Waals surface area contributed by atoms with E-state index < -0.39 is 0 Å². The molecule has 0 aromatic heterocycles. The van der Waals surface area contributed by atoms with E-state index in [2.05, 4.69) is 5.32 Å². The van der Waals surface area contributed by atoms with Crippen molar-refractivity contribution in [1.82, 2.24) is 5.32 Å². The SMILES string of the molecule is COc1cccc(COC(=O)CCOC2CCNCC2)c1. The number of piperidine rings is 1. The summed E-state index contributed by atoms with van der Waals surface area (Å²) >= 11 is 0. The van der Waals surface area contributed by atoms with Crippen molar-refractivity contribution in [3.8, 4) is 5.75 Å². The number of hydrogen-bond acceptors (Lipinski definition) is 5. The van der Waals surface area contributed by atoms with E-state index in [1.807, 2.05) is 24.3 Å². The molecular weight excluding hydrogens is 270 g/mol. The lowest BCUT2D eigenvalue weighted by Crippen LogP contribution is -2.32. The van der Waals surface area contributed by atoms with Gasteiger partial charge in [0.1, 0.15) is 12.4 Å². The van der Waals surface area contributed by atoms with Crippen LogP contribution in [0.15, 0.2) is 24.3 Å². The zero-order valence-electron chi connectivity index (χ0n) is 12.5. The lowest BCUT2D eigenvalue weighted by Gasteiger charge is -2.22. The molecule has 0 aliphatic carbocycles. The second-order valence-electron chi connectivity index (χ2n) is 5.08. The first kappa shape index (κ1) is 15.8. The predicted octanol–water partition coefficient (Wildman–Crippen LogP) is 1.90. The number of hydrogen-bond donors (Lipinski definition) is 1. The van der Waals surface area contributed by atoms with Crippen LogP contribution in [-0.2, 0) is 20.9 Å². The summed E-state index contributed by atoms with van der Waals surface area (Å²) < 4.78 is 16.0. The highest BCUT2D eigenvalue weighted by Gasteiger charge is 2.14. The van der Waals surface area contributed by atoms with Crippen molar-refractivity contribution in [3.63, 3.8) is 0 Å². The summed E-state index contributed by atoms with van der Waals surface area (Å²) in [6, 6.07) is 7.50. The Labute approximate surface area is 125 Å². The Kier molecular flexibility index (Phi) is 6.50. The van der Waals surface area contributed by atoms with Gasteiger partial charge in [-0.05, 0) is 43.6 Å². The van der Waals surface area contributed by atoms with E-state index >= 15 is 0 Å². The van der Waals surface area contributed by atoms with Crippen LogP contribution in [0.25, 0.3) is 0 Å². The van der Waals surface area contributed by atoms with Crippen LogP contribution in [0.1, 0.15) is 24.8 Å². The first-order valence-corrected chi connectivity index (χ1v) is 7.39. The molecule has 2 rings (SSSR count). The normalized spacial score (nSPS) is 15.7. The maximum Gasteiger partial charge on any atom is 0.308 e. The molecule has 0 amide bonds. The fourth-order valence-corrected chi connectivity index (χ4v) is 2.27. The molecule has 21 heavy (non-hydrogen) atoms. The molecule has 116 valence electrons. The molecule has 1 aromatic rings. The van der Waals surface area contributed by atoms with Gasteiger partial charge in [0.05, 0.1) is 26.2 Å². The largest absolute Gasteiger partial charge is 0.497 e. The Hall–Kier alpha value is -1.59. The first-order chi connectivity index (χ1) is 10.3. The van der Waals surface area contributed by atoms with Crippen LogP contribution in [-0.4, -0.2) is 38.9 Å². The van der Waals surface area contributed by atoms with Crippen LogP contribution in [0.4, 0.5) is 0 Å². The van der Waals surface area contributed by atoms with Crippen molar-refractivity contribution in [2.24, 2.45) is 0 Å². The van der Waals surface area contributed by atoms with Crippen molar-refractivity contribution in [2.75, 3.05) is 26.8 Å². The molecule has 0 saturated carbocycles. The summed E-state index contributed by atoms with van der Waals surface area (Å²) in [6.07, 6.45) is 2.60. The molecule has 0 unspecified atom stereocenters. The molecule has 0 radical (unpaired) electrons.